The van der Waals surface area contributed by atoms with Crippen molar-refractivity contribution in [3.8, 4) is 5.75 Å². The molecule has 35 heavy (non-hydrogen) atoms. The molecule has 1 unspecified atom stereocenters. The lowest BCUT2D eigenvalue weighted by atomic mass is 9.92. The van der Waals surface area contributed by atoms with Crippen LogP contribution in [0.15, 0.2) is 42.5 Å². The van der Waals surface area contributed by atoms with Crippen molar-refractivity contribution >= 4 is 17.3 Å². The van der Waals surface area contributed by atoms with Crippen LogP contribution >= 0.6 is 0 Å². The van der Waals surface area contributed by atoms with Crippen LogP contribution in [-0.4, -0.2) is 55.9 Å². The summed E-state index contributed by atoms with van der Waals surface area (Å²) in [6.07, 6.45) is 6.57. The number of nitrogens with one attached hydrogen (secondary N) is 1. The average Bonchev–Trinajstić information content (AvgIpc) is 3.33. The molecular formula is C28H42FN3O3. The molecule has 1 amide bonds. The molecule has 7 heteroatoms. The molecule has 4 rings (SSSR count). The van der Waals surface area contributed by atoms with Gasteiger partial charge in [0.15, 0.2) is 0 Å². The van der Waals surface area contributed by atoms with Gasteiger partial charge in [-0.25, -0.2) is 4.39 Å². The first kappa shape index (κ1) is 25.5. The van der Waals surface area contributed by atoms with E-state index in [2.05, 4.69) is 17.1 Å². The Morgan fingerprint density at radius 1 is 1.14 bits per heavy atom. The minimum atomic E-state index is -0.316. The second-order valence-electron chi connectivity index (χ2n) is 9.83. The summed E-state index contributed by atoms with van der Waals surface area (Å²) >= 11 is 0. The second-order valence-corrected chi connectivity index (χ2v) is 9.83. The predicted molar refractivity (Wildman–Crippen MR) is 142 cm³/mol. The highest BCUT2D eigenvalue weighted by atomic mass is 19.1. The molecule has 2 aliphatic rings. The largest absolute Gasteiger partial charge is 0.494 e. The molecule has 1 aliphatic carbocycles. The highest BCUT2D eigenvalue weighted by molar-refractivity contribution is 6.05. The lowest BCUT2D eigenvalue weighted by molar-refractivity contribution is 0.0993. The number of unbranched alkanes of at least 4 members (excludes halogenated alkanes) is 1. The zero-order chi connectivity index (χ0) is 24.8. The van der Waals surface area contributed by atoms with E-state index in [-0.39, 0.29) is 20.7 Å². The number of aliphatic hydroxyl groups is 1. The molecule has 0 spiro atoms. The lowest BCUT2D eigenvalue weighted by Crippen LogP contribution is -2.42. The summed E-state index contributed by atoms with van der Waals surface area (Å²) < 4.78 is 20.8. The molecule has 0 bridgehead atoms. The average molecular weight is 488 g/mol. The van der Waals surface area contributed by atoms with Crippen molar-refractivity contribution in [3.63, 3.8) is 0 Å². The van der Waals surface area contributed by atoms with E-state index in [1.165, 1.54) is 11.0 Å². The molecule has 2 aromatic carbocycles. The van der Waals surface area contributed by atoms with Gasteiger partial charge in [0.1, 0.15) is 11.6 Å². The fourth-order valence-corrected chi connectivity index (χ4v) is 4.99. The van der Waals surface area contributed by atoms with Gasteiger partial charge in [-0.3, -0.25) is 4.79 Å². The van der Waals surface area contributed by atoms with Crippen LogP contribution < -0.4 is 19.9 Å². The Kier molecular flexibility index (Phi) is 8.63. The topological polar surface area (TPSA) is 65.0 Å². The standard InChI is InChI=1S/C28H38FN3O3.2H2/c1-3-4-17-35-25-12-5-20(6-13-25)28(34)31(2)23-9-14-27(26(29)18-23)32-16-15-22(19-32)30-21-7-10-24(33)11-8-21;;/h5-6,9,12-14,18,21-22,24,30,33H,3-4,7-8,10-11,15-17,19H2,1-2H3;2*1H. The number of aliphatic hydroxyl groups excluding tert-OH is 1. The number of amides is 1. The second kappa shape index (κ2) is 11.9. The number of hydrogen-bond donors (Lipinski definition) is 2. The quantitative estimate of drug-likeness (QED) is 0.473. The van der Waals surface area contributed by atoms with Crippen LogP contribution in [0.5, 0.6) is 5.75 Å². The van der Waals surface area contributed by atoms with Crippen molar-refractivity contribution in [2.45, 2.75) is 70.1 Å². The zero-order valence-electron chi connectivity index (χ0n) is 20.9. The molecular weight excluding hydrogens is 445 g/mol. The molecule has 1 heterocycles. The van der Waals surface area contributed by atoms with Crippen LogP contribution in [0.25, 0.3) is 0 Å². The van der Waals surface area contributed by atoms with Crippen LogP contribution in [0.1, 0.15) is 65.1 Å². The molecule has 194 valence electrons. The van der Waals surface area contributed by atoms with Crippen LogP contribution in [-0.2, 0) is 0 Å². The maximum Gasteiger partial charge on any atom is 0.258 e. The van der Waals surface area contributed by atoms with Crippen LogP contribution in [0, 0.1) is 5.82 Å². The number of benzene rings is 2. The molecule has 1 saturated heterocycles. The molecule has 2 aromatic rings. The minimum absolute atomic E-state index is 0. The molecule has 0 radical (unpaired) electrons. The first-order valence-electron chi connectivity index (χ1n) is 12.9. The number of halogens is 1. The molecule has 2 N–H and O–H groups in total. The summed E-state index contributed by atoms with van der Waals surface area (Å²) in [5, 5.41) is 13.4. The fraction of sp³-hybridized carbons (Fsp3) is 0.536. The van der Waals surface area contributed by atoms with Gasteiger partial charge in [-0.2, -0.15) is 0 Å². The van der Waals surface area contributed by atoms with Gasteiger partial charge < -0.3 is 25.0 Å². The first-order chi connectivity index (χ1) is 16.9. The van der Waals surface area contributed by atoms with Gasteiger partial charge >= 0.3 is 0 Å². The molecule has 1 atom stereocenters. The van der Waals surface area contributed by atoms with E-state index in [0.717, 1.165) is 63.8 Å². The molecule has 2 fully saturated rings. The third kappa shape index (κ3) is 6.53. The Balaban J connectivity index is 0.00000241. The van der Waals surface area contributed by atoms with Crippen molar-refractivity contribution in [3.05, 3.63) is 53.8 Å². The van der Waals surface area contributed by atoms with Crippen LogP contribution in [0.4, 0.5) is 15.8 Å². The van der Waals surface area contributed by atoms with Gasteiger partial charge in [-0.15, -0.1) is 0 Å². The van der Waals surface area contributed by atoms with E-state index in [1.54, 1.807) is 37.4 Å². The number of hydrogen-bond acceptors (Lipinski definition) is 5. The van der Waals surface area contributed by atoms with Gasteiger partial charge in [0.05, 0.1) is 18.4 Å². The third-order valence-electron chi connectivity index (χ3n) is 7.19. The van der Waals surface area contributed by atoms with Gasteiger partial charge in [-0.05, 0) is 81.0 Å². The minimum Gasteiger partial charge on any atom is -0.494 e. The van der Waals surface area contributed by atoms with E-state index in [4.69, 9.17) is 4.74 Å². The molecule has 6 nitrogen and oxygen atoms in total. The number of ether oxygens (including phenoxy) is 1. The Morgan fingerprint density at radius 3 is 2.57 bits per heavy atom. The van der Waals surface area contributed by atoms with Crippen molar-refractivity contribution in [1.82, 2.24) is 5.32 Å². The summed E-state index contributed by atoms with van der Waals surface area (Å²) in [6, 6.07) is 12.9. The van der Waals surface area contributed by atoms with E-state index >= 15 is 4.39 Å². The summed E-state index contributed by atoms with van der Waals surface area (Å²) in [4.78, 5) is 16.5. The number of nitrogens with zero attached hydrogens (tertiary/aromatic N) is 2. The Morgan fingerprint density at radius 2 is 1.89 bits per heavy atom. The smallest absolute Gasteiger partial charge is 0.258 e. The van der Waals surface area contributed by atoms with Gasteiger partial charge in [0.2, 0.25) is 0 Å². The van der Waals surface area contributed by atoms with E-state index in [0.29, 0.717) is 35.6 Å². The zero-order valence-corrected chi connectivity index (χ0v) is 20.9. The monoisotopic (exact) mass is 487 g/mol. The van der Waals surface area contributed by atoms with Gasteiger partial charge in [-0.1, -0.05) is 13.3 Å². The van der Waals surface area contributed by atoms with E-state index in [9.17, 15) is 9.90 Å². The van der Waals surface area contributed by atoms with Crippen LogP contribution in [0.3, 0.4) is 0 Å². The molecule has 1 saturated carbocycles. The normalized spacial score (nSPS) is 22.3. The van der Waals surface area contributed by atoms with Crippen molar-refractivity contribution in [1.29, 1.82) is 0 Å². The maximum atomic E-state index is 15.1. The fourth-order valence-electron chi connectivity index (χ4n) is 4.99. The first-order valence-corrected chi connectivity index (χ1v) is 12.9. The maximum absolute atomic E-state index is 15.1. The third-order valence-corrected chi connectivity index (χ3v) is 7.19. The van der Waals surface area contributed by atoms with E-state index < -0.39 is 0 Å². The predicted octanol–water partition coefficient (Wildman–Crippen LogP) is 5.25. The summed E-state index contributed by atoms with van der Waals surface area (Å²) in [6.45, 7) is 4.33. The lowest BCUT2D eigenvalue weighted by Gasteiger charge is -2.29. The highest BCUT2D eigenvalue weighted by Crippen LogP contribution is 2.29. The highest BCUT2D eigenvalue weighted by Gasteiger charge is 2.28. The van der Waals surface area contributed by atoms with Gasteiger partial charge in [0, 0.05) is 46.3 Å². The van der Waals surface area contributed by atoms with Crippen molar-refractivity contribution in [2.75, 3.05) is 36.5 Å². The Bertz CT molecular complexity index is 987. The van der Waals surface area contributed by atoms with E-state index in [1.807, 2.05) is 6.07 Å². The number of rotatable bonds is 9. The number of carbonyl (C=O) groups excluding carboxylic acids is 1. The SMILES string of the molecule is CCCCOc1ccc(C(=O)N(C)c2ccc(N3CCC(NC4CCC(O)CC4)C3)c(F)c2)cc1.[HH].[HH]. The number of carbonyl (C=O) groups is 1. The summed E-state index contributed by atoms with van der Waals surface area (Å²) in [5.74, 6) is 0.232. The summed E-state index contributed by atoms with van der Waals surface area (Å²) in [7, 11) is 1.67. The van der Waals surface area contributed by atoms with Crippen molar-refractivity contribution in [2.24, 2.45) is 0 Å². The Labute approximate surface area is 211 Å². The molecule has 0 aromatic heterocycles. The number of anilines is 2. The van der Waals surface area contributed by atoms with Crippen LogP contribution in [0.2, 0.25) is 0 Å². The van der Waals surface area contributed by atoms with Gasteiger partial charge in [0.25, 0.3) is 5.91 Å². The van der Waals surface area contributed by atoms with Crippen molar-refractivity contribution < 1.29 is 21.9 Å². The molecule has 1 aliphatic heterocycles. The summed E-state index contributed by atoms with van der Waals surface area (Å²) in [5.41, 5.74) is 1.63. The Hall–Kier alpha value is -2.64.